The first-order valence-electron chi connectivity index (χ1n) is 5.68. The molecule has 0 aliphatic heterocycles. The van der Waals surface area contributed by atoms with Crippen molar-refractivity contribution in [3.05, 3.63) is 28.2 Å². The molecule has 3 amide bonds. The fraction of sp³-hybridized carbons (Fsp3) is 0.333. The topological polar surface area (TPSA) is 70.2 Å². The Morgan fingerprint density at radius 2 is 1.95 bits per heavy atom. The highest BCUT2D eigenvalue weighted by atomic mass is 35.5. The van der Waals surface area contributed by atoms with E-state index in [1.54, 1.807) is 18.2 Å². The monoisotopic (exact) mass is 303 g/mol. The molecular weight excluding hydrogens is 289 g/mol. The average molecular weight is 304 g/mol. The molecular formula is C12H15Cl2N3O2. The SMILES string of the molecule is CC(C)NC(=O)NCC(=O)Nc1cccc(Cl)c1Cl. The number of carbonyl (C=O) groups excluding carboxylic acids is 2. The first kappa shape index (κ1) is 15.6. The van der Waals surface area contributed by atoms with Crippen molar-refractivity contribution in [2.24, 2.45) is 0 Å². The smallest absolute Gasteiger partial charge is 0.315 e. The molecule has 104 valence electrons. The van der Waals surface area contributed by atoms with Gasteiger partial charge in [0.2, 0.25) is 5.91 Å². The molecule has 0 heterocycles. The van der Waals surface area contributed by atoms with Crippen LogP contribution in [0.2, 0.25) is 10.0 Å². The normalized spacial score (nSPS) is 10.2. The Bertz CT molecular complexity index is 478. The Morgan fingerprint density at radius 3 is 2.58 bits per heavy atom. The standard InChI is InChI=1S/C12H15Cl2N3O2/c1-7(2)16-12(19)15-6-10(18)17-9-5-3-4-8(13)11(9)14/h3-5,7H,6H2,1-2H3,(H,17,18)(H2,15,16,19). The van der Waals surface area contributed by atoms with Gasteiger partial charge >= 0.3 is 6.03 Å². The van der Waals surface area contributed by atoms with E-state index in [-0.39, 0.29) is 23.5 Å². The summed E-state index contributed by atoms with van der Waals surface area (Å²) in [6.45, 7) is 3.50. The van der Waals surface area contributed by atoms with Crippen LogP contribution in [-0.4, -0.2) is 24.5 Å². The third kappa shape index (κ3) is 5.36. The minimum Gasteiger partial charge on any atom is -0.336 e. The van der Waals surface area contributed by atoms with Crippen LogP contribution < -0.4 is 16.0 Å². The van der Waals surface area contributed by atoms with Crippen molar-refractivity contribution in [2.75, 3.05) is 11.9 Å². The van der Waals surface area contributed by atoms with Crippen molar-refractivity contribution in [1.82, 2.24) is 10.6 Å². The molecule has 3 N–H and O–H groups in total. The highest BCUT2D eigenvalue weighted by Crippen LogP contribution is 2.29. The van der Waals surface area contributed by atoms with E-state index in [2.05, 4.69) is 16.0 Å². The van der Waals surface area contributed by atoms with E-state index in [0.29, 0.717) is 10.7 Å². The number of rotatable bonds is 4. The van der Waals surface area contributed by atoms with Crippen molar-refractivity contribution >= 4 is 40.8 Å². The van der Waals surface area contributed by atoms with Gasteiger partial charge in [-0.15, -0.1) is 0 Å². The van der Waals surface area contributed by atoms with Crippen LogP contribution in [0.5, 0.6) is 0 Å². The van der Waals surface area contributed by atoms with Crippen LogP contribution in [0.3, 0.4) is 0 Å². The van der Waals surface area contributed by atoms with Crippen LogP contribution in [0.25, 0.3) is 0 Å². The van der Waals surface area contributed by atoms with Crippen molar-refractivity contribution in [3.63, 3.8) is 0 Å². The quantitative estimate of drug-likeness (QED) is 0.800. The molecule has 19 heavy (non-hydrogen) atoms. The van der Waals surface area contributed by atoms with Crippen molar-refractivity contribution < 1.29 is 9.59 Å². The second-order valence-electron chi connectivity index (χ2n) is 4.13. The maximum atomic E-state index is 11.6. The zero-order valence-electron chi connectivity index (χ0n) is 10.6. The van der Waals surface area contributed by atoms with Gasteiger partial charge in [0.15, 0.2) is 0 Å². The Balaban J connectivity index is 2.48. The van der Waals surface area contributed by atoms with Crippen molar-refractivity contribution in [3.8, 4) is 0 Å². The maximum absolute atomic E-state index is 11.6. The molecule has 0 aromatic heterocycles. The molecule has 0 saturated carbocycles. The number of halogens is 2. The van der Waals surface area contributed by atoms with Gasteiger partial charge in [0.1, 0.15) is 0 Å². The number of amides is 3. The summed E-state index contributed by atoms with van der Waals surface area (Å²) in [5, 5.41) is 8.22. The molecule has 1 aromatic carbocycles. The number of anilines is 1. The number of carbonyl (C=O) groups is 2. The molecule has 7 heteroatoms. The average Bonchev–Trinajstić information content (AvgIpc) is 2.32. The van der Waals surface area contributed by atoms with Gasteiger partial charge in [-0.1, -0.05) is 29.3 Å². The van der Waals surface area contributed by atoms with Crippen LogP contribution in [0.1, 0.15) is 13.8 Å². The number of urea groups is 1. The van der Waals surface area contributed by atoms with Gasteiger partial charge in [-0.2, -0.15) is 0 Å². The molecule has 0 aliphatic rings. The Labute approximate surface area is 121 Å². The highest BCUT2D eigenvalue weighted by Gasteiger charge is 2.09. The predicted molar refractivity (Wildman–Crippen MR) is 76.8 cm³/mol. The number of hydrogen-bond donors (Lipinski definition) is 3. The van der Waals surface area contributed by atoms with E-state index >= 15 is 0 Å². The van der Waals surface area contributed by atoms with Crippen LogP contribution in [0.15, 0.2) is 18.2 Å². The third-order valence-corrected chi connectivity index (χ3v) is 2.87. The molecule has 1 rings (SSSR count). The summed E-state index contributed by atoms with van der Waals surface area (Å²) in [5.41, 5.74) is 0.408. The maximum Gasteiger partial charge on any atom is 0.315 e. The fourth-order valence-electron chi connectivity index (χ4n) is 1.27. The Kier molecular flexibility index (Phi) is 5.92. The molecule has 0 spiro atoms. The third-order valence-electron chi connectivity index (χ3n) is 2.05. The van der Waals surface area contributed by atoms with Crippen LogP contribution >= 0.6 is 23.2 Å². The number of nitrogens with one attached hydrogen (secondary N) is 3. The van der Waals surface area contributed by atoms with Crippen molar-refractivity contribution in [1.29, 1.82) is 0 Å². The van der Waals surface area contributed by atoms with Crippen LogP contribution in [0.4, 0.5) is 10.5 Å². The summed E-state index contributed by atoms with van der Waals surface area (Å²) >= 11 is 11.7. The number of hydrogen-bond acceptors (Lipinski definition) is 2. The minimum absolute atomic E-state index is 0.00503. The summed E-state index contributed by atoms with van der Waals surface area (Å²) in [4.78, 5) is 22.9. The fourth-order valence-corrected chi connectivity index (χ4v) is 1.62. The molecule has 0 saturated heterocycles. The van der Waals surface area contributed by atoms with Gasteiger partial charge in [0.05, 0.1) is 22.3 Å². The lowest BCUT2D eigenvalue weighted by Gasteiger charge is -2.11. The molecule has 0 bridgehead atoms. The first-order valence-corrected chi connectivity index (χ1v) is 6.44. The number of benzene rings is 1. The second kappa shape index (κ2) is 7.21. The highest BCUT2D eigenvalue weighted by molar-refractivity contribution is 6.44. The van der Waals surface area contributed by atoms with Crippen LogP contribution in [-0.2, 0) is 4.79 Å². The zero-order chi connectivity index (χ0) is 14.4. The van der Waals surface area contributed by atoms with E-state index in [0.717, 1.165) is 0 Å². The first-order chi connectivity index (χ1) is 8.90. The molecule has 0 radical (unpaired) electrons. The lowest BCUT2D eigenvalue weighted by atomic mass is 10.3. The lowest BCUT2D eigenvalue weighted by Crippen LogP contribution is -2.42. The van der Waals surface area contributed by atoms with Crippen molar-refractivity contribution in [2.45, 2.75) is 19.9 Å². The molecule has 5 nitrogen and oxygen atoms in total. The van der Waals surface area contributed by atoms with E-state index in [1.165, 1.54) is 0 Å². The summed E-state index contributed by atoms with van der Waals surface area (Å²) in [7, 11) is 0. The molecule has 0 fully saturated rings. The van der Waals surface area contributed by atoms with Crippen LogP contribution in [0, 0.1) is 0 Å². The summed E-state index contributed by atoms with van der Waals surface area (Å²) in [6, 6.07) is 4.52. The van der Waals surface area contributed by atoms with Gasteiger partial charge in [-0.25, -0.2) is 4.79 Å². The van der Waals surface area contributed by atoms with Gasteiger partial charge in [-0.3, -0.25) is 4.79 Å². The summed E-state index contributed by atoms with van der Waals surface area (Å²) in [5.74, 6) is -0.386. The van der Waals surface area contributed by atoms with E-state index in [4.69, 9.17) is 23.2 Å². The largest absolute Gasteiger partial charge is 0.336 e. The van der Waals surface area contributed by atoms with E-state index in [9.17, 15) is 9.59 Å². The summed E-state index contributed by atoms with van der Waals surface area (Å²) in [6.07, 6.45) is 0. The van der Waals surface area contributed by atoms with Gasteiger partial charge in [0.25, 0.3) is 0 Å². The van der Waals surface area contributed by atoms with E-state index in [1.807, 2.05) is 13.8 Å². The lowest BCUT2D eigenvalue weighted by molar-refractivity contribution is -0.115. The summed E-state index contributed by atoms with van der Waals surface area (Å²) < 4.78 is 0. The van der Waals surface area contributed by atoms with Gasteiger partial charge in [-0.05, 0) is 26.0 Å². The van der Waals surface area contributed by atoms with Gasteiger partial charge in [0, 0.05) is 6.04 Å². The molecule has 1 aromatic rings. The van der Waals surface area contributed by atoms with E-state index < -0.39 is 6.03 Å². The van der Waals surface area contributed by atoms with Gasteiger partial charge < -0.3 is 16.0 Å². The predicted octanol–water partition coefficient (Wildman–Crippen LogP) is 2.64. The molecule has 0 aliphatic carbocycles. The Morgan fingerprint density at radius 1 is 1.26 bits per heavy atom. The second-order valence-corrected chi connectivity index (χ2v) is 4.92. The molecule has 0 unspecified atom stereocenters. The molecule has 0 atom stereocenters. The zero-order valence-corrected chi connectivity index (χ0v) is 12.1. The minimum atomic E-state index is -0.401. The Hall–Kier alpha value is -1.46.